The maximum Gasteiger partial charge on any atom is 0.254 e. The van der Waals surface area contributed by atoms with Crippen LogP contribution in [0.25, 0.3) is 0 Å². The van der Waals surface area contributed by atoms with Crippen LogP contribution in [0.3, 0.4) is 0 Å². The molecular formula is C19H21NO2. The van der Waals surface area contributed by atoms with E-state index in [2.05, 4.69) is 19.2 Å². The minimum atomic E-state index is -0.173. The van der Waals surface area contributed by atoms with E-state index in [4.69, 9.17) is 4.74 Å². The van der Waals surface area contributed by atoms with Gasteiger partial charge in [0, 0.05) is 11.3 Å². The summed E-state index contributed by atoms with van der Waals surface area (Å²) in [6.45, 7) is 6.00. The molecule has 114 valence electrons. The summed E-state index contributed by atoms with van der Waals surface area (Å²) in [5.74, 6) is 1.01. The van der Waals surface area contributed by atoms with Crippen molar-refractivity contribution in [2.75, 3.05) is 5.32 Å². The molecule has 0 radical (unpaired) electrons. The van der Waals surface area contributed by atoms with E-state index in [0.717, 1.165) is 5.69 Å². The zero-order valence-electron chi connectivity index (χ0n) is 13.2. The molecule has 3 nitrogen and oxygen atoms in total. The smallest absolute Gasteiger partial charge is 0.254 e. The van der Waals surface area contributed by atoms with Crippen molar-refractivity contribution in [1.29, 1.82) is 0 Å². The summed E-state index contributed by atoms with van der Waals surface area (Å²) in [4.78, 5) is 12.1. The average Bonchev–Trinajstić information content (AvgIpc) is 2.54. The number of para-hydroxylation sites is 1. The molecule has 0 bridgehead atoms. The molecule has 0 aliphatic heterocycles. The Bertz CT molecular complexity index is 643. The van der Waals surface area contributed by atoms with Gasteiger partial charge in [0.05, 0.1) is 6.26 Å². The fourth-order valence-corrected chi connectivity index (χ4v) is 1.89. The van der Waals surface area contributed by atoms with Gasteiger partial charge in [-0.25, -0.2) is 0 Å². The Morgan fingerprint density at radius 2 is 1.68 bits per heavy atom. The second-order valence-corrected chi connectivity index (χ2v) is 5.46. The molecular weight excluding hydrogens is 274 g/mol. The van der Waals surface area contributed by atoms with Gasteiger partial charge in [0.15, 0.2) is 0 Å². The van der Waals surface area contributed by atoms with E-state index in [0.29, 0.717) is 17.2 Å². The number of amides is 1. The lowest BCUT2D eigenvalue weighted by Crippen LogP contribution is -2.13. The van der Waals surface area contributed by atoms with Crippen LogP contribution in [-0.4, -0.2) is 5.91 Å². The predicted molar refractivity (Wildman–Crippen MR) is 90.0 cm³/mol. The highest BCUT2D eigenvalue weighted by Crippen LogP contribution is 2.17. The first-order valence-electron chi connectivity index (χ1n) is 7.36. The molecule has 0 unspecified atom stereocenters. The quantitative estimate of drug-likeness (QED) is 0.639. The number of carbonyl (C=O) groups excluding carboxylic acids is 1. The largest absolute Gasteiger partial charge is 0.465 e. The van der Waals surface area contributed by atoms with E-state index < -0.39 is 0 Å². The molecule has 0 spiro atoms. The van der Waals surface area contributed by atoms with Crippen LogP contribution in [0, 0.1) is 0 Å². The molecule has 2 aromatic carbocycles. The Morgan fingerprint density at radius 1 is 1.05 bits per heavy atom. The van der Waals surface area contributed by atoms with Crippen LogP contribution in [0.1, 0.15) is 32.3 Å². The number of anilines is 1. The summed E-state index contributed by atoms with van der Waals surface area (Å²) in [6, 6.07) is 17.2. The molecule has 0 saturated heterocycles. The van der Waals surface area contributed by atoms with Crippen molar-refractivity contribution in [3.05, 3.63) is 72.0 Å². The van der Waals surface area contributed by atoms with Gasteiger partial charge >= 0.3 is 0 Å². The highest BCUT2D eigenvalue weighted by Gasteiger charge is 2.06. The number of nitrogens with one attached hydrogen (secondary N) is 1. The summed E-state index contributed by atoms with van der Waals surface area (Å²) in [6.07, 6.45) is 1.47. The molecule has 0 heterocycles. The van der Waals surface area contributed by atoms with E-state index in [9.17, 15) is 4.79 Å². The minimum Gasteiger partial charge on any atom is -0.465 e. The Hall–Kier alpha value is -2.55. The third-order valence-electron chi connectivity index (χ3n) is 3.31. The number of benzene rings is 2. The van der Waals surface area contributed by atoms with Gasteiger partial charge in [-0.1, -0.05) is 44.2 Å². The van der Waals surface area contributed by atoms with Gasteiger partial charge in [-0.05, 0) is 42.7 Å². The van der Waals surface area contributed by atoms with E-state index >= 15 is 0 Å². The van der Waals surface area contributed by atoms with Crippen LogP contribution in [0.15, 0.2) is 66.4 Å². The maximum absolute atomic E-state index is 12.1. The van der Waals surface area contributed by atoms with E-state index in [1.165, 1.54) is 11.8 Å². The van der Waals surface area contributed by atoms with Crippen LogP contribution >= 0.6 is 0 Å². The summed E-state index contributed by atoms with van der Waals surface area (Å²) in [5.41, 5.74) is 2.54. The summed E-state index contributed by atoms with van der Waals surface area (Å²) >= 11 is 0. The van der Waals surface area contributed by atoms with Gasteiger partial charge < -0.3 is 10.1 Å². The molecule has 1 N–H and O–H groups in total. The van der Waals surface area contributed by atoms with Gasteiger partial charge in [0.1, 0.15) is 5.75 Å². The van der Waals surface area contributed by atoms with Gasteiger partial charge in [0.25, 0.3) is 5.91 Å². The standard InChI is InChI=1S/C19H21NO2/c1-14(2)16-9-11-17(12-10-16)20-19(21)15(3)13-22-18-7-5-4-6-8-18/h4-14H,1-3H3,(H,20,21)/b15-13+. The molecule has 0 aliphatic rings. The van der Waals surface area contributed by atoms with Crippen molar-refractivity contribution in [2.45, 2.75) is 26.7 Å². The van der Waals surface area contributed by atoms with Crippen LogP contribution < -0.4 is 10.1 Å². The number of ether oxygens (including phenoxy) is 1. The third kappa shape index (κ3) is 4.48. The Kier molecular flexibility index (Phi) is 5.37. The Balaban J connectivity index is 1.96. The lowest BCUT2D eigenvalue weighted by atomic mass is 10.0. The molecule has 0 saturated carbocycles. The van der Waals surface area contributed by atoms with Crippen molar-refractivity contribution in [3.8, 4) is 5.75 Å². The van der Waals surface area contributed by atoms with Crippen molar-refractivity contribution < 1.29 is 9.53 Å². The van der Waals surface area contributed by atoms with Crippen LogP contribution in [0.2, 0.25) is 0 Å². The van der Waals surface area contributed by atoms with E-state index in [1.54, 1.807) is 6.92 Å². The lowest BCUT2D eigenvalue weighted by molar-refractivity contribution is -0.112. The zero-order valence-corrected chi connectivity index (χ0v) is 13.2. The predicted octanol–water partition coefficient (Wildman–Crippen LogP) is 4.73. The lowest BCUT2D eigenvalue weighted by Gasteiger charge is -2.09. The third-order valence-corrected chi connectivity index (χ3v) is 3.31. The monoisotopic (exact) mass is 295 g/mol. The average molecular weight is 295 g/mol. The Morgan fingerprint density at radius 3 is 2.27 bits per heavy atom. The second kappa shape index (κ2) is 7.46. The molecule has 0 aliphatic carbocycles. The van der Waals surface area contributed by atoms with E-state index in [1.807, 2.05) is 54.6 Å². The zero-order chi connectivity index (χ0) is 15.9. The SMILES string of the molecule is C/C(=C\Oc1ccccc1)C(=O)Nc1ccc(C(C)C)cc1. The molecule has 2 rings (SSSR count). The first-order valence-corrected chi connectivity index (χ1v) is 7.36. The molecule has 3 heteroatoms. The highest BCUT2D eigenvalue weighted by molar-refractivity contribution is 6.03. The molecule has 1 amide bonds. The summed E-state index contributed by atoms with van der Waals surface area (Å²) in [5, 5.41) is 2.86. The number of hydrogen-bond donors (Lipinski definition) is 1. The molecule has 0 atom stereocenters. The van der Waals surface area contributed by atoms with Crippen molar-refractivity contribution >= 4 is 11.6 Å². The maximum atomic E-state index is 12.1. The topological polar surface area (TPSA) is 38.3 Å². The summed E-state index contributed by atoms with van der Waals surface area (Å²) < 4.78 is 5.45. The van der Waals surface area contributed by atoms with Crippen molar-refractivity contribution in [3.63, 3.8) is 0 Å². The van der Waals surface area contributed by atoms with Gasteiger partial charge in [-0.15, -0.1) is 0 Å². The normalized spacial score (nSPS) is 11.4. The fraction of sp³-hybridized carbons (Fsp3) is 0.211. The molecule has 2 aromatic rings. The van der Waals surface area contributed by atoms with E-state index in [-0.39, 0.29) is 5.91 Å². The molecule has 22 heavy (non-hydrogen) atoms. The van der Waals surface area contributed by atoms with Crippen molar-refractivity contribution in [2.24, 2.45) is 0 Å². The van der Waals surface area contributed by atoms with Crippen LogP contribution in [-0.2, 0) is 4.79 Å². The minimum absolute atomic E-state index is 0.173. The first-order chi connectivity index (χ1) is 10.6. The molecule has 0 fully saturated rings. The van der Waals surface area contributed by atoms with Crippen LogP contribution in [0.4, 0.5) is 5.69 Å². The summed E-state index contributed by atoms with van der Waals surface area (Å²) in [7, 11) is 0. The Labute approximate surface area is 131 Å². The number of hydrogen-bond acceptors (Lipinski definition) is 2. The second-order valence-electron chi connectivity index (χ2n) is 5.46. The van der Waals surface area contributed by atoms with Gasteiger partial charge in [-0.2, -0.15) is 0 Å². The fourth-order valence-electron chi connectivity index (χ4n) is 1.89. The molecule has 0 aromatic heterocycles. The first kappa shape index (κ1) is 15.8. The highest BCUT2D eigenvalue weighted by atomic mass is 16.5. The van der Waals surface area contributed by atoms with Crippen LogP contribution in [0.5, 0.6) is 5.75 Å². The van der Waals surface area contributed by atoms with Gasteiger partial charge in [0.2, 0.25) is 0 Å². The number of carbonyl (C=O) groups is 1. The van der Waals surface area contributed by atoms with Gasteiger partial charge in [-0.3, -0.25) is 4.79 Å². The number of rotatable bonds is 5. The van der Waals surface area contributed by atoms with Crippen molar-refractivity contribution in [1.82, 2.24) is 0 Å².